The summed E-state index contributed by atoms with van der Waals surface area (Å²) in [6.07, 6.45) is -1.97. The second kappa shape index (κ2) is 5.25. The van der Waals surface area contributed by atoms with Crippen LogP contribution in [0.15, 0.2) is 60.7 Å². The lowest BCUT2D eigenvalue weighted by molar-refractivity contribution is 0.0451. The van der Waals surface area contributed by atoms with Gasteiger partial charge in [-0.3, -0.25) is 4.79 Å². The molecule has 0 radical (unpaired) electrons. The summed E-state index contributed by atoms with van der Waals surface area (Å²) in [6, 6.07) is 16.7. The van der Waals surface area contributed by atoms with E-state index in [1.807, 2.05) is 0 Å². The van der Waals surface area contributed by atoms with Crippen LogP contribution in [0.1, 0.15) is 10.4 Å². The van der Waals surface area contributed by atoms with Gasteiger partial charge in [0.15, 0.2) is 0 Å². The molecule has 0 saturated heterocycles. The molecule has 1 atom stereocenters. The Morgan fingerprint density at radius 3 is 2.06 bits per heavy atom. The van der Waals surface area contributed by atoms with Gasteiger partial charge in [-0.1, -0.05) is 48.5 Å². The van der Waals surface area contributed by atoms with Crippen molar-refractivity contribution in [2.24, 2.45) is 0 Å². The van der Waals surface area contributed by atoms with Crippen LogP contribution in [0.4, 0.5) is 4.39 Å². The molecule has 0 aliphatic carbocycles. The third-order valence-corrected chi connectivity index (χ3v) is 2.25. The van der Waals surface area contributed by atoms with Gasteiger partial charge in [-0.2, -0.15) is 4.39 Å². The third-order valence-electron chi connectivity index (χ3n) is 2.25. The smallest absolute Gasteiger partial charge is 0.301 e. The number of Topliss-reactive ketones (excluding diaryl/α,β-unsaturated/α-hetero) is 1. The Hall–Kier alpha value is -2.16. The topological polar surface area (TPSA) is 26.3 Å². The van der Waals surface area contributed by atoms with E-state index >= 15 is 0 Å². The van der Waals surface area contributed by atoms with Crippen LogP contribution in [0.25, 0.3) is 0 Å². The van der Waals surface area contributed by atoms with Crippen molar-refractivity contribution in [1.82, 2.24) is 0 Å². The molecule has 0 bridgehead atoms. The highest BCUT2D eigenvalue weighted by Gasteiger charge is 2.20. The molecule has 1 unspecified atom stereocenters. The molecule has 0 spiro atoms. The normalized spacial score (nSPS) is 11.8. The van der Waals surface area contributed by atoms with E-state index in [9.17, 15) is 9.18 Å². The van der Waals surface area contributed by atoms with E-state index in [2.05, 4.69) is 0 Å². The molecule has 0 amide bonds. The largest absolute Gasteiger partial charge is 0.453 e. The molecule has 0 aliphatic rings. The van der Waals surface area contributed by atoms with E-state index in [4.69, 9.17) is 4.74 Å². The van der Waals surface area contributed by atoms with E-state index in [1.165, 1.54) is 0 Å². The summed E-state index contributed by atoms with van der Waals surface area (Å²) in [5.41, 5.74) is 0.302. The quantitative estimate of drug-likeness (QED) is 0.754. The molecule has 0 heterocycles. The van der Waals surface area contributed by atoms with Gasteiger partial charge < -0.3 is 4.74 Å². The zero-order valence-corrected chi connectivity index (χ0v) is 9.05. The van der Waals surface area contributed by atoms with Crippen LogP contribution in [0.5, 0.6) is 5.75 Å². The lowest BCUT2D eigenvalue weighted by atomic mass is 10.1. The molecule has 0 aliphatic heterocycles. The number of carbonyl (C=O) groups excluding carboxylic acids is 1. The molecule has 3 heteroatoms. The Bertz CT molecular complexity index is 482. The zero-order chi connectivity index (χ0) is 12.1. The summed E-state index contributed by atoms with van der Waals surface area (Å²) < 4.78 is 18.5. The van der Waals surface area contributed by atoms with E-state index in [1.54, 1.807) is 60.7 Å². The van der Waals surface area contributed by atoms with Gasteiger partial charge in [0.25, 0.3) is 0 Å². The number of halogens is 1. The molecular weight excluding hydrogens is 219 g/mol. The molecule has 2 aromatic rings. The molecule has 0 saturated carbocycles. The highest BCUT2D eigenvalue weighted by Crippen LogP contribution is 2.14. The Labute approximate surface area is 98.7 Å². The van der Waals surface area contributed by atoms with E-state index in [0.29, 0.717) is 11.3 Å². The van der Waals surface area contributed by atoms with Crippen LogP contribution < -0.4 is 4.74 Å². The van der Waals surface area contributed by atoms with Crippen molar-refractivity contribution in [1.29, 1.82) is 0 Å². The first-order valence-electron chi connectivity index (χ1n) is 5.22. The number of hydrogen-bond donors (Lipinski definition) is 0. The standard InChI is InChI=1S/C14H11FO2/c15-14(17-12-9-5-2-6-10-12)13(16)11-7-3-1-4-8-11/h1-10,14H. The van der Waals surface area contributed by atoms with E-state index < -0.39 is 12.1 Å². The number of para-hydroxylation sites is 1. The molecular formula is C14H11FO2. The highest BCUT2D eigenvalue weighted by molar-refractivity contribution is 5.98. The van der Waals surface area contributed by atoms with Crippen LogP contribution in [0, 0.1) is 0 Å². The van der Waals surface area contributed by atoms with Gasteiger partial charge >= 0.3 is 6.36 Å². The zero-order valence-electron chi connectivity index (χ0n) is 9.05. The number of ether oxygens (including phenoxy) is 1. The monoisotopic (exact) mass is 230 g/mol. The maximum Gasteiger partial charge on any atom is 0.301 e. The fraction of sp³-hybridized carbons (Fsp3) is 0.0714. The summed E-state index contributed by atoms with van der Waals surface area (Å²) in [7, 11) is 0. The molecule has 17 heavy (non-hydrogen) atoms. The molecule has 2 rings (SSSR count). The van der Waals surface area contributed by atoms with Crippen LogP contribution in [0.3, 0.4) is 0 Å². The van der Waals surface area contributed by atoms with Crippen LogP contribution in [-0.4, -0.2) is 12.1 Å². The van der Waals surface area contributed by atoms with Crippen molar-refractivity contribution >= 4 is 5.78 Å². The number of ketones is 1. The maximum atomic E-state index is 13.6. The fourth-order valence-corrected chi connectivity index (χ4v) is 1.41. The predicted octanol–water partition coefficient (Wildman–Crippen LogP) is 3.24. The van der Waals surface area contributed by atoms with Crippen LogP contribution >= 0.6 is 0 Å². The van der Waals surface area contributed by atoms with Crippen molar-refractivity contribution in [2.45, 2.75) is 6.36 Å². The summed E-state index contributed by atoms with van der Waals surface area (Å²) in [4.78, 5) is 11.6. The van der Waals surface area contributed by atoms with Gasteiger partial charge in [0.2, 0.25) is 5.78 Å². The first kappa shape index (κ1) is 11.3. The second-order valence-electron chi connectivity index (χ2n) is 3.48. The number of alkyl halides is 1. The lowest BCUT2D eigenvalue weighted by Gasteiger charge is -2.10. The minimum Gasteiger partial charge on any atom is -0.453 e. The van der Waals surface area contributed by atoms with Crippen LogP contribution in [-0.2, 0) is 0 Å². The molecule has 0 N–H and O–H groups in total. The first-order chi connectivity index (χ1) is 8.27. The number of hydrogen-bond acceptors (Lipinski definition) is 2. The number of carbonyl (C=O) groups is 1. The molecule has 2 nitrogen and oxygen atoms in total. The Kier molecular flexibility index (Phi) is 3.50. The Morgan fingerprint density at radius 1 is 0.941 bits per heavy atom. The minimum absolute atomic E-state index is 0.302. The number of benzene rings is 2. The fourth-order valence-electron chi connectivity index (χ4n) is 1.41. The predicted molar refractivity (Wildman–Crippen MR) is 62.7 cm³/mol. The van der Waals surface area contributed by atoms with Gasteiger partial charge in [-0.15, -0.1) is 0 Å². The Morgan fingerprint density at radius 2 is 1.47 bits per heavy atom. The molecule has 86 valence electrons. The van der Waals surface area contributed by atoms with E-state index in [-0.39, 0.29) is 0 Å². The minimum atomic E-state index is -1.97. The maximum absolute atomic E-state index is 13.6. The van der Waals surface area contributed by atoms with Crippen molar-refractivity contribution in [3.63, 3.8) is 0 Å². The van der Waals surface area contributed by atoms with Gasteiger partial charge in [-0.25, -0.2) is 0 Å². The summed E-state index contributed by atoms with van der Waals surface area (Å²) in [5.74, 6) is -0.335. The Balaban J connectivity index is 2.06. The van der Waals surface area contributed by atoms with Crippen LogP contribution in [0.2, 0.25) is 0 Å². The summed E-state index contributed by atoms with van der Waals surface area (Å²) in [5, 5.41) is 0. The summed E-state index contributed by atoms with van der Waals surface area (Å²) in [6.45, 7) is 0. The average Bonchev–Trinajstić information content (AvgIpc) is 2.40. The van der Waals surface area contributed by atoms with Gasteiger partial charge in [0.1, 0.15) is 5.75 Å². The lowest BCUT2D eigenvalue weighted by Crippen LogP contribution is -2.22. The second-order valence-corrected chi connectivity index (χ2v) is 3.48. The van der Waals surface area contributed by atoms with Crippen molar-refractivity contribution in [3.8, 4) is 5.75 Å². The number of rotatable bonds is 4. The van der Waals surface area contributed by atoms with Crippen molar-refractivity contribution in [2.75, 3.05) is 0 Å². The van der Waals surface area contributed by atoms with Gasteiger partial charge in [0, 0.05) is 5.56 Å². The van der Waals surface area contributed by atoms with Gasteiger partial charge in [-0.05, 0) is 12.1 Å². The van der Waals surface area contributed by atoms with E-state index in [0.717, 1.165) is 0 Å². The highest BCUT2D eigenvalue weighted by atomic mass is 19.1. The third kappa shape index (κ3) is 2.91. The molecule has 0 aromatic heterocycles. The SMILES string of the molecule is O=C(c1ccccc1)C(F)Oc1ccccc1. The van der Waals surface area contributed by atoms with Gasteiger partial charge in [0.05, 0.1) is 0 Å². The van der Waals surface area contributed by atoms with Crippen molar-refractivity contribution < 1.29 is 13.9 Å². The van der Waals surface area contributed by atoms with Crippen molar-refractivity contribution in [3.05, 3.63) is 66.2 Å². The molecule has 2 aromatic carbocycles. The average molecular weight is 230 g/mol. The molecule has 0 fully saturated rings. The summed E-state index contributed by atoms with van der Waals surface area (Å²) >= 11 is 0. The first-order valence-corrected chi connectivity index (χ1v) is 5.22.